The Morgan fingerprint density at radius 2 is 1.63 bits per heavy atom. The van der Waals surface area contributed by atoms with Gasteiger partial charge in [0.2, 0.25) is 0 Å². The van der Waals surface area contributed by atoms with Crippen molar-refractivity contribution in [2.24, 2.45) is 0 Å². The SMILES string of the molecule is CCCCCCCCCC(=O)OCCOC(C)OC. The Morgan fingerprint density at radius 3 is 2.26 bits per heavy atom. The number of unbranched alkanes of at least 4 members (excludes halogenated alkanes) is 6. The van der Waals surface area contributed by atoms with E-state index < -0.39 is 0 Å². The molecular formula is C15H30O4. The molecule has 4 nitrogen and oxygen atoms in total. The summed E-state index contributed by atoms with van der Waals surface area (Å²) in [6, 6.07) is 0. The van der Waals surface area contributed by atoms with Gasteiger partial charge in [0.1, 0.15) is 6.61 Å². The standard InChI is InChI=1S/C15H30O4/c1-4-5-6-7-8-9-10-11-15(16)19-13-12-18-14(2)17-3/h14H,4-13H2,1-3H3. The zero-order valence-corrected chi connectivity index (χ0v) is 12.8. The van der Waals surface area contributed by atoms with Crippen LogP contribution in [0.2, 0.25) is 0 Å². The molecule has 0 aliphatic heterocycles. The third kappa shape index (κ3) is 13.6. The lowest BCUT2D eigenvalue weighted by Gasteiger charge is -2.10. The van der Waals surface area contributed by atoms with Crippen molar-refractivity contribution in [1.82, 2.24) is 0 Å². The largest absolute Gasteiger partial charge is 0.463 e. The predicted octanol–water partition coefficient (Wildman–Crippen LogP) is 3.68. The van der Waals surface area contributed by atoms with Gasteiger partial charge in [-0.1, -0.05) is 45.4 Å². The van der Waals surface area contributed by atoms with Gasteiger partial charge in [-0.15, -0.1) is 0 Å². The Labute approximate surface area is 117 Å². The van der Waals surface area contributed by atoms with E-state index in [1.807, 2.05) is 0 Å². The monoisotopic (exact) mass is 274 g/mol. The summed E-state index contributed by atoms with van der Waals surface area (Å²) in [5.41, 5.74) is 0. The fraction of sp³-hybridized carbons (Fsp3) is 0.933. The number of rotatable bonds is 13. The van der Waals surface area contributed by atoms with Gasteiger partial charge in [0.25, 0.3) is 0 Å². The van der Waals surface area contributed by atoms with Gasteiger partial charge < -0.3 is 14.2 Å². The topological polar surface area (TPSA) is 44.8 Å². The van der Waals surface area contributed by atoms with Crippen LogP contribution in [-0.4, -0.2) is 32.6 Å². The maximum absolute atomic E-state index is 11.4. The molecule has 0 aliphatic carbocycles. The number of carbonyl (C=O) groups excluding carboxylic acids is 1. The van der Waals surface area contributed by atoms with Crippen molar-refractivity contribution in [2.45, 2.75) is 71.5 Å². The van der Waals surface area contributed by atoms with Gasteiger partial charge in [0, 0.05) is 13.5 Å². The van der Waals surface area contributed by atoms with Crippen LogP contribution in [0.15, 0.2) is 0 Å². The quantitative estimate of drug-likeness (QED) is 0.292. The van der Waals surface area contributed by atoms with E-state index in [1.54, 1.807) is 14.0 Å². The van der Waals surface area contributed by atoms with Crippen molar-refractivity contribution >= 4 is 5.97 Å². The summed E-state index contributed by atoms with van der Waals surface area (Å²) in [6.45, 7) is 4.72. The first-order valence-corrected chi connectivity index (χ1v) is 7.50. The maximum atomic E-state index is 11.4. The molecule has 0 heterocycles. The summed E-state index contributed by atoms with van der Waals surface area (Å²) in [4.78, 5) is 11.4. The number of esters is 1. The molecule has 0 saturated carbocycles. The molecule has 1 unspecified atom stereocenters. The minimum absolute atomic E-state index is 0.123. The van der Waals surface area contributed by atoms with Crippen molar-refractivity contribution in [3.63, 3.8) is 0 Å². The van der Waals surface area contributed by atoms with Crippen molar-refractivity contribution in [3.05, 3.63) is 0 Å². The van der Waals surface area contributed by atoms with Crippen LogP contribution in [0.25, 0.3) is 0 Å². The average molecular weight is 274 g/mol. The third-order valence-electron chi connectivity index (χ3n) is 3.02. The predicted molar refractivity (Wildman–Crippen MR) is 76.0 cm³/mol. The number of carbonyl (C=O) groups is 1. The van der Waals surface area contributed by atoms with Gasteiger partial charge in [0.05, 0.1) is 6.61 Å². The van der Waals surface area contributed by atoms with Gasteiger partial charge in [-0.3, -0.25) is 4.79 Å². The highest BCUT2D eigenvalue weighted by atomic mass is 16.7. The van der Waals surface area contributed by atoms with E-state index in [4.69, 9.17) is 14.2 Å². The van der Waals surface area contributed by atoms with E-state index in [0.29, 0.717) is 19.6 Å². The molecule has 0 saturated heterocycles. The van der Waals surface area contributed by atoms with E-state index in [0.717, 1.165) is 12.8 Å². The summed E-state index contributed by atoms with van der Waals surface area (Å²) in [7, 11) is 1.58. The molecule has 19 heavy (non-hydrogen) atoms. The molecule has 4 heteroatoms. The summed E-state index contributed by atoms with van der Waals surface area (Å²) in [5.74, 6) is -0.123. The fourth-order valence-corrected chi connectivity index (χ4v) is 1.74. The normalized spacial score (nSPS) is 12.4. The molecule has 0 N–H and O–H groups in total. The Bertz CT molecular complexity index is 206. The highest BCUT2D eigenvalue weighted by molar-refractivity contribution is 5.69. The van der Waals surface area contributed by atoms with E-state index in [1.165, 1.54) is 32.1 Å². The molecule has 0 aromatic heterocycles. The summed E-state index contributed by atoms with van der Waals surface area (Å²) in [6.07, 6.45) is 8.74. The number of methoxy groups -OCH3 is 1. The Balaban J connectivity index is 3.21. The Morgan fingerprint density at radius 1 is 1.00 bits per heavy atom. The first kappa shape index (κ1) is 18.4. The smallest absolute Gasteiger partial charge is 0.305 e. The molecule has 0 aromatic rings. The second kappa shape index (κ2) is 13.8. The summed E-state index contributed by atoms with van der Waals surface area (Å²) < 4.78 is 15.2. The first-order valence-electron chi connectivity index (χ1n) is 7.50. The molecule has 0 bridgehead atoms. The van der Waals surface area contributed by atoms with E-state index in [9.17, 15) is 4.79 Å². The van der Waals surface area contributed by atoms with E-state index in [-0.39, 0.29) is 12.3 Å². The minimum atomic E-state index is -0.248. The van der Waals surface area contributed by atoms with Crippen molar-refractivity contribution in [3.8, 4) is 0 Å². The first-order chi connectivity index (χ1) is 9.20. The van der Waals surface area contributed by atoms with Crippen molar-refractivity contribution in [1.29, 1.82) is 0 Å². The van der Waals surface area contributed by atoms with Crippen LogP contribution in [-0.2, 0) is 19.0 Å². The Kier molecular flexibility index (Phi) is 13.4. The molecule has 1 atom stereocenters. The minimum Gasteiger partial charge on any atom is -0.463 e. The molecule has 0 radical (unpaired) electrons. The lowest BCUT2D eigenvalue weighted by molar-refractivity contribution is -0.152. The lowest BCUT2D eigenvalue weighted by atomic mass is 10.1. The van der Waals surface area contributed by atoms with Crippen LogP contribution in [0.1, 0.15) is 65.2 Å². The summed E-state index contributed by atoms with van der Waals surface area (Å²) in [5, 5.41) is 0. The Hall–Kier alpha value is -0.610. The van der Waals surface area contributed by atoms with Crippen LogP contribution in [0.5, 0.6) is 0 Å². The molecule has 0 aliphatic rings. The second-order valence-corrected chi connectivity index (χ2v) is 4.77. The highest BCUT2D eigenvalue weighted by Gasteiger charge is 2.03. The zero-order valence-electron chi connectivity index (χ0n) is 12.8. The van der Waals surface area contributed by atoms with Crippen molar-refractivity contribution in [2.75, 3.05) is 20.3 Å². The molecule has 0 rings (SSSR count). The summed E-state index contributed by atoms with van der Waals surface area (Å²) >= 11 is 0. The fourth-order valence-electron chi connectivity index (χ4n) is 1.74. The van der Waals surface area contributed by atoms with Crippen LogP contribution < -0.4 is 0 Å². The zero-order chi connectivity index (χ0) is 14.3. The molecule has 0 aromatic carbocycles. The lowest BCUT2D eigenvalue weighted by Crippen LogP contribution is -2.16. The molecule has 114 valence electrons. The van der Waals surface area contributed by atoms with Gasteiger partial charge in [-0.05, 0) is 13.3 Å². The van der Waals surface area contributed by atoms with Crippen molar-refractivity contribution < 1.29 is 19.0 Å². The molecular weight excluding hydrogens is 244 g/mol. The molecule has 0 amide bonds. The maximum Gasteiger partial charge on any atom is 0.305 e. The van der Waals surface area contributed by atoms with Gasteiger partial charge in [-0.2, -0.15) is 0 Å². The molecule has 0 fully saturated rings. The van der Waals surface area contributed by atoms with Gasteiger partial charge >= 0.3 is 5.97 Å². The van der Waals surface area contributed by atoms with Crippen LogP contribution in [0.4, 0.5) is 0 Å². The van der Waals surface area contributed by atoms with Crippen LogP contribution in [0.3, 0.4) is 0 Å². The second-order valence-electron chi connectivity index (χ2n) is 4.77. The van der Waals surface area contributed by atoms with E-state index >= 15 is 0 Å². The van der Waals surface area contributed by atoms with Gasteiger partial charge in [-0.25, -0.2) is 0 Å². The van der Waals surface area contributed by atoms with Crippen LogP contribution >= 0.6 is 0 Å². The average Bonchev–Trinajstić information content (AvgIpc) is 2.42. The van der Waals surface area contributed by atoms with Crippen LogP contribution in [0, 0.1) is 0 Å². The number of hydrogen-bond donors (Lipinski definition) is 0. The number of ether oxygens (including phenoxy) is 3. The number of hydrogen-bond acceptors (Lipinski definition) is 4. The molecule has 0 spiro atoms. The van der Waals surface area contributed by atoms with E-state index in [2.05, 4.69) is 6.92 Å². The van der Waals surface area contributed by atoms with Gasteiger partial charge in [0.15, 0.2) is 6.29 Å². The third-order valence-corrected chi connectivity index (χ3v) is 3.02. The highest BCUT2D eigenvalue weighted by Crippen LogP contribution is 2.08.